The summed E-state index contributed by atoms with van der Waals surface area (Å²) in [5.41, 5.74) is 4.72. The van der Waals surface area contributed by atoms with Gasteiger partial charge in [-0.1, -0.05) is 0 Å². The number of nitrogens with one attached hydrogen (secondary N) is 1. The van der Waals surface area contributed by atoms with Crippen LogP contribution in [-0.4, -0.2) is 64.2 Å². The average Bonchev–Trinajstić information content (AvgIpc) is 3.60. The van der Waals surface area contributed by atoms with E-state index in [0.717, 1.165) is 15.8 Å². The number of ether oxygens (including phenoxy) is 4. The summed E-state index contributed by atoms with van der Waals surface area (Å²) in [6.07, 6.45) is 2.04. The summed E-state index contributed by atoms with van der Waals surface area (Å²) in [7, 11) is 1.54. The van der Waals surface area contributed by atoms with Crippen LogP contribution < -0.4 is 19.5 Å². The third kappa shape index (κ3) is 5.41. The molecule has 5 aromatic rings. The van der Waals surface area contributed by atoms with Crippen molar-refractivity contribution in [3.63, 3.8) is 0 Å². The SMILES string of the molecule is COc1cnc2c(-c3nc4cc(F)c5c(c4s3)CC(COC(=O)Nc3ccc(OCCO)nc3)O5)cc(C)cc2n1. The number of aromatic nitrogens is 4. The molecule has 13 heteroatoms. The molecular formula is C28H24FN5O6S. The molecule has 11 nitrogen and oxygen atoms in total. The summed E-state index contributed by atoms with van der Waals surface area (Å²) in [5, 5.41) is 12.1. The van der Waals surface area contributed by atoms with Gasteiger partial charge in [0.05, 0.1) is 53.0 Å². The zero-order valence-electron chi connectivity index (χ0n) is 22.0. The third-order valence-corrected chi connectivity index (χ3v) is 7.50. The largest absolute Gasteiger partial charge is 0.483 e. The number of methoxy groups -OCH3 is 1. The molecule has 0 aliphatic carbocycles. The van der Waals surface area contributed by atoms with Gasteiger partial charge in [-0.25, -0.2) is 29.1 Å². The number of anilines is 1. The van der Waals surface area contributed by atoms with E-state index in [1.54, 1.807) is 18.3 Å². The van der Waals surface area contributed by atoms with Gasteiger partial charge < -0.3 is 24.1 Å². The zero-order chi connectivity index (χ0) is 28.5. The van der Waals surface area contributed by atoms with Crippen LogP contribution in [0.5, 0.6) is 17.5 Å². The van der Waals surface area contributed by atoms with Gasteiger partial charge >= 0.3 is 6.09 Å². The minimum atomic E-state index is -0.704. The van der Waals surface area contributed by atoms with Crippen molar-refractivity contribution in [3.05, 3.63) is 59.7 Å². The van der Waals surface area contributed by atoms with Gasteiger partial charge in [-0.05, 0) is 30.7 Å². The Bertz CT molecular complexity index is 1760. The molecule has 210 valence electrons. The van der Waals surface area contributed by atoms with Gasteiger partial charge in [0.2, 0.25) is 11.8 Å². The van der Waals surface area contributed by atoms with Crippen LogP contribution in [0.2, 0.25) is 0 Å². The zero-order valence-corrected chi connectivity index (χ0v) is 22.8. The number of aliphatic hydroxyl groups is 1. The number of aliphatic hydroxyl groups excluding tert-OH is 1. The number of hydrogen-bond donors (Lipinski definition) is 2. The van der Waals surface area contributed by atoms with Crippen LogP contribution in [-0.2, 0) is 11.2 Å². The molecule has 0 saturated carbocycles. The molecule has 2 N–H and O–H groups in total. The van der Waals surface area contributed by atoms with Crippen LogP contribution in [0.1, 0.15) is 11.1 Å². The standard InChI is InChI=1S/C28H24FN5O6S/c1-14-7-17(24-20(8-14)33-23(37-2)12-31-24)27-34-21-10-19(29)25-18(26(21)41-27)9-16(40-25)13-39-28(36)32-15-3-4-22(30-11-15)38-6-5-35/h3-4,7-8,10-12,16,35H,5-6,9,13H2,1-2H3,(H,32,36). The summed E-state index contributed by atoms with van der Waals surface area (Å²) < 4.78 is 37.4. The van der Waals surface area contributed by atoms with Gasteiger partial charge in [0.15, 0.2) is 11.6 Å². The quantitative estimate of drug-likeness (QED) is 0.267. The normalized spacial score (nSPS) is 14.1. The smallest absolute Gasteiger partial charge is 0.411 e. The van der Waals surface area contributed by atoms with E-state index < -0.39 is 18.0 Å². The molecule has 3 aromatic heterocycles. The van der Waals surface area contributed by atoms with Crippen molar-refractivity contribution in [2.24, 2.45) is 0 Å². The molecule has 0 bridgehead atoms. The van der Waals surface area contributed by atoms with E-state index in [9.17, 15) is 4.79 Å². The summed E-state index contributed by atoms with van der Waals surface area (Å²) >= 11 is 1.42. The highest BCUT2D eigenvalue weighted by molar-refractivity contribution is 7.22. The highest BCUT2D eigenvalue weighted by Gasteiger charge is 2.31. The molecule has 4 heterocycles. The predicted octanol–water partition coefficient (Wildman–Crippen LogP) is 4.68. The maximum absolute atomic E-state index is 15.1. The number of fused-ring (bicyclic) bond motifs is 4. The summed E-state index contributed by atoms with van der Waals surface area (Å²) in [6, 6.07) is 8.41. The van der Waals surface area contributed by atoms with E-state index >= 15 is 4.39 Å². The molecule has 1 atom stereocenters. The van der Waals surface area contributed by atoms with E-state index in [1.807, 2.05) is 19.1 Å². The molecule has 1 unspecified atom stereocenters. The Hall–Kier alpha value is -4.62. The van der Waals surface area contributed by atoms with Crippen LogP contribution in [0.15, 0.2) is 42.7 Å². The van der Waals surface area contributed by atoms with Crippen LogP contribution >= 0.6 is 11.3 Å². The van der Waals surface area contributed by atoms with Gasteiger partial charge in [0, 0.05) is 29.7 Å². The number of carbonyl (C=O) groups is 1. The molecule has 0 radical (unpaired) electrons. The first-order valence-electron chi connectivity index (χ1n) is 12.7. The highest BCUT2D eigenvalue weighted by Crippen LogP contribution is 2.43. The topological polar surface area (TPSA) is 138 Å². The first kappa shape index (κ1) is 26.6. The van der Waals surface area contributed by atoms with E-state index in [1.165, 1.54) is 30.7 Å². The predicted molar refractivity (Wildman–Crippen MR) is 149 cm³/mol. The Kier molecular flexibility index (Phi) is 7.20. The van der Waals surface area contributed by atoms with Crippen molar-refractivity contribution in [2.75, 3.05) is 32.2 Å². The molecule has 1 aliphatic heterocycles. The Morgan fingerprint density at radius 2 is 2.05 bits per heavy atom. The van der Waals surface area contributed by atoms with Crippen molar-refractivity contribution in [1.29, 1.82) is 0 Å². The molecule has 0 saturated heterocycles. The summed E-state index contributed by atoms with van der Waals surface area (Å²) in [4.78, 5) is 30.1. The molecule has 6 rings (SSSR count). The molecule has 2 aromatic carbocycles. The van der Waals surface area contributed by atoms with Crippen molar-refractivity contribution < 1.29 is 33.2 Å². The number of pyridine rings is 1. The molecular weight excluding hydrogens is 553 g/mol. The number of benzene rings is 2. The van der Waals surface area contributed by atoms with Gasteiger partial charge in [-0.3, -0.25) is 5.32 Å². The number of thiazole rings is 1. The lowest BCUT2D eigenvalue weighted by Crippen LogP contribution is -2.25. The number of rotatable bonds is 8. The van der Waals surface area contributed by atoms with Crippen LogP contribution in [0.25, 0.3) is 31.8 Å². The van der Waals surface area contributed by atoms with Crippen molar-refractivity contribution in [3.8, 4) is 28.1 Å². The fourth-order valence-corrected chi connectivity index (χ4v) is 5.67. The molecule has 1 aliphatic rings. The van der Waals surface area contributed by atoms with Crippen molar-refractivity contribution >= 4 is 44.4 Å². The third-order valence-electron chi connectivity index (χ3n) is 6.33. The lowest BCUT2D eigenvalue weighted by atomic mass is 10.1. The summed E-state index contributed by atoms with van der Waals surface area (Å²) in [5.74, 6) is 0.349. The number of nitrogens with zero attached hydrogens (tertiary/aromatic N) is 4. The molecule has 0 spiro atoms. The second-order valence-electron chi connectivity index (χ2n) is 9.25. The van der Waals surface area contributed by atoms with Gasteiger partial charge in [-0.15, -0.1) is 11.3 Å². The number of halogens is 1. The van der Waals surface area contributed by atoms with Crippen molar-refractivity contribution in [2.45, 2.75) is 19.4 Å². The van der Waals surface area contributed by atoms with E-state index in [0.29, 0.717) is 51.0 Å². The van der Waals surface area contributed by atoms with E-state index in [-0.39, 0.29) is 25.6 Å². The van der Waals surface area contributed by atoms with Crippen LogP contribution in [0.4, 0.5) is 14.9 Å². The number of hydrogen-bond acceptors (Lipinski definition) is 11. The number of amides is 1. The van der Waals surface area contributed by atoms with Gasteiger partial charge in [0.1, 0.15) is 24.3 Å². The summed E-state index contributed by atoms with van der Waals surface area (Å²) in [6.45, 7) is 1.87. The first-order valence-corrected chi connectivity index (χ1v) is 13.5. The number of carbonyl (C=O) groups excluding carboxylic acids is 1. The first-order chi connectivity index (χ1) is 19.9. The lowest BCUT2D eigenvalue weighted by Gasteiger charge is -2.12. The maximum atomic E-state index is 15.1. The van der Waals surface area contributed by atoms with Crippen LogP contribution in [0, 0.1) is 12.7 Å². The van der Waals surface area contributed by atoms with Gasteiger partial charge in [0.25, 0.3) is 0 Å². The second kappa shape index (κ2) is 11.1. The Morgan fingerprint density at radius 1 is 1.17 bits per heavy atom. The Labute approximate surface area is 236 Å². The Balaban J connectivity index is 1.18. The van der Waals surface area contributed by atoms with Crippen LogP contribution in [0.3, 0.4) is 0 Å². The lowest BCUT2D eigenvalue weighted by molar-refractivity contribution is 0.100. The molecule has 0 fully saturated rings. The second-order valence-corrected chi connectivity index (χ2v) is 10.2. The minimum absolute atomic E-state index is 0.0851. The highest BCUT2D eigenvalue weighted by atomic mass is 32.1. The average molecular weight is 578 g/mol. The Morgan fingerprint density at radius 3 is 2.83 bits per heavy atom. The number of aryl methyl sites for hydroxylation is 1. The van der Waals surface area contributed by atoms with Crippen molar-refractivity contribution in [1.82, 2.24) is 19.9 Å². The van der Waals surface area contributed by atoms with E-state index in [2.05, 4.69) is 20.3 Å². The molecule has 1 amide bonds. The maximum Gasteiger partial charge on any atom is 0.411 e. The fourth-order valence-electron chi connectivity index (χ4n) is 4.56. The minimum Gasteiger partial charge on any atom is -0.483 e. The molecule has 41 heavy (non-hydrogen) atoms. The van der Waals surface area contributed by atoms with E-state index in [4.69, 9.17) is 29.0 Å². The van der Waals surface area contributed by atoms with Gasteiger partial charge in [-0.2, -0.15) is 0 Å². The monoisotopic (exact) mass is 577 g/mol. The fraction of sp³-hybridized carbons (Fsp3) is 0.250.